The number of aryl methyl sites for hydroxylation is 2. The lowest BCUT2D eigenvalue weighted by Gasteiger charge is -2.54. The van der Waals surface area contributed by atoms with E-state index in [-0.39, 0.29) is 41.1 Å². The summed E-state index contributed by atoms with van der Waals surface area (Å²) in [5, 5.41) is 24.2. The number of likely N-dealkylation sites (tertiary alicyclic amines) is 1. The van der Waals surface area contributed by atoms with Crippen LogP contribution in [0.2, 0.25) is 0 Å². The number of nitrogens with one attached hydrogen (secondary N) is 1. The summed E-state index contributed by atoms with van der Waals surface area (Å²) in [5.74, 6) is -0.311. The number of benzene rings is 2. The molecule has 2 amide bonds. The molecule has 1 aliphatic heterocycles. The first-order valence-corrected chi connectivity index (χ1v) is 13.5. The summed E-state index contributed by atoms with van der Waals surface area (Å²) in [6.07, 6.45) is 6.40. The maximum Gasteiger partial charge on any atom is 0.275 e. The van der Waals surface area contributed by atoms with Crippen LogP contribution in [0, 0.1) is 28.3 Å². The van der Waals surface area contributed by atoms with Crippen molar-refractivity contribution in [1.82, 2.24) is 10.2 Å². The monoisotopic (exact) mass is 523 g/mol. The summed E-state index contributed by atoms with van der Waals surface area (Å²) < 4.78 is 13.8. The van der Waals surface area contributed by atoms with Crippen LogP contribution in [0.5, 0.6) is 5.75 Å². The zero-order valence-electron chi connectivity index (χ0n) is 21.7. The predicted octanol–water partition coefficient (Wildman–Crippen LogP) is 4.69. The van der Waals surface area contributed by atoms with Gasteiger partial charge in [0.05, 0.1) is 16.4 Å². The van der Waals surface area contributed by atoms with Gasteiger partial charge >= 0.3 is 0 Å². The SMILES string of the molecule is Cc1cc(CCCC(=O)N2CCC3(CCC3NC(=O)C3(c4ccc(O)cc4)CC3)CC2)c([N+](=O)[O-])cc1F. The van der Waals surface area contributed by atoms with E-state index in [1.54, 1.807) is 19.1 Å². The molecule has 1 heterocycles. The fraction of sp³-hybridized carbons (Fsp3) is 0.517. The quantitative estimate of drug-likeness (QED) is 0.385. The first kappa shape index (κ1) is 26.1. The molecule has 9 heteroatoms. The third kappa shape index (κ3) is 4.86. The van der Waals surface area contributed by atoms with Gasteiger partial charge in [-0.25, -0.2) is 4.39 Å². The highest BCUT2D eigenvalue weighted by Gasteiger charge is 2.55. The van der Waals surface area contributed by atoms with Gasteiger partial charge in [-0.1, -0.05) is 12.1 Å². The Morgan fingerprint density at radius 3 is 2.39 bits per heavy atom. The van der Waals surface area contributed by atoms with E-state index < -0.39 is 16.2 Å². The number of amides is 2. The van der Waals surface area contributed by atoms with Crippen LogP contribution in [0.3, 0.4) is 0 Å². The minimum atomic E-state index is -0.600. The van der Waals surface area contributed by atoms with Crippen molar-refractivity contribution in [2.45, 2.75) is 76.2 Å². The number of carbonyl (C=O) groups is 2. The lowest BCUT2D eigenvalue weighted by Crippen LogP contribution is -2.60. The number of carbonyl (C=O) groups excluding carboxylic acids is 2. The summed E-state index contributed by atoms with van der Waals surface area (Å²) in [7, 11) is 0. The number of piperidine rings is 1. The Hall–Kier alpha value is -3.49. The van der Waals surface area contributed by atoms with Crippen molar-refractivity contribution < 1.29 is 24.0 Å². The zero-order valence-corrected chi connectivity index (χ0v) is 21.7. The second-order valence-corrected chi connectivity index (χ2v) is 11.3. The molecule has 1 atom stereocenters. The minimum absolute atomic E-state index is 0.0315. The molecule has 2 aromatic rings. The molecule has 5 rings (SSSR count). The largest absolute Gasteiger partial charge is 0.508 e. The smallest absolute Gasteiger partial charge is 0.275 e. The predicted molar refractivity (Wildman–Crippen MR) is 139 cm³/mol. The van der Waals surface area contributed by atoms with Crippen LogP contribution < -0.4 is 5.32 Å². The topological polar surface area (TPSA) is 113 Å². The van der Waals surface area contributed by atoms with Gasteiger partial charge in [0.15, 0.2) is 0 Å². The number of nitro groups is 1. The molecule has 1 unspecified atom stereocenters. The lowest BCUT2D eigenvalue weighted by atomic mass is 9.59. The molecule has 2 aromatic carbocycles. The molecular weight excluding hydrogens is 489 g/mol. The normalized spacial score (nSPS) is 21.0. The van der Waals surface area contributed by atoms with Crippen LogP contribution in [-0.2, 0) is 21.4 Å². The molecule has 3 fully saturated rings. The number of hydrogen-bond acceptors (Lipinski definition) is 5. The number of aromatic hydroxyl groups is 1. The van der Waals surface area contributed by atoms with E-state index in [4.69, 9.17) is 0 Å². The van der Waals surface area contributed by atoms with Crippen LogP contribution >= 0.6 is 0 Å². The van der Waals surface area contributed by atoms with Crippen LogP contribution in [-0.4, -0.2) is 45.9 Å². The highest BCUT2D eigenvalue weighted by atomic mass is 19.1. The molecule has 1 spiro atoms. The average Bonchev–Trinajstić information content (AvgIpc) is 3.71. The maximum atomic E-state index is 13.8. The Labute approximate surface area is 221 Å². The van der Waals surface area contributed by atoms with Crippen molar-refractivity contribution in [3.63, 3.8) is 0 Å². The average molecular weight is 524 g/mol. The van der Waals surface area contributed by atoms with Gasteiger partial charge in [0.25, 0.3) is 5.69 Å². The third-order valence-electron chi connectivity index (χ3n) is 9.09. The number of phenolic OH excluding ortho intramolecular Hbond substituents is 1. The van der Waals surface area contributed by atoms with E-state index in [0.717, 1.165) is 50.2 Å². The zero-order chi connectivity index (χ0) is 27.1. The standard InChI is InChI=1S/C29H34FN3O5/c1-19-17-20(24(33(37)38)18-23(19)30)3-2-4-26(35)32-15-13-28(14-16-32)10-9-25(28)31-27(36)29(11-12-29)21-5-7-22(34)8-6-21/h5-8,17-18,25,34H,2-4,9-16H2,1H3,(H,31,36). The van der Waals surface area contributed by atoms with Crippen molar-refractivity contribution in [3.8, 4) is 5.75 Å². The Balaban J connectivity index is 1.11. The summed E-state index contributed by atoms with van der Waals surface area (Å²) in [5.41, 5.74) is 1.06. The first-order valence-electron chi connectivity index (χ1n) is 13.5. The van der Waals surface area contributed by atoms with Gasteiger partial charge in [0.2, 0.25) is 11.8 Å². The van der Waals surface area contributed by atoms with E-state index in [0.29, 0.717) is 37.1 Å². The van der Waals surface area contributed by atoms with Crippen molar-refractivity contribution in [1.29, 1.82) is 0 Å². The van der Waals surface area contributed by atoms with Crippen LogP contribution in [0.1, 0.15) is 68.1 Å². The van der Waals surface area contributed by atoms with E-state index >= 15 is 0 Å². The Bertz CT molecular complexity index is 1250. The molecule has 2 aliphatic carbocycles. The second kappa shape index (κ2) is 10.0. The number of halogens is 1. The lowest BCUT2D eigenvalue weighted by molar-refractivity contribution is -0.385. The Morgan fingerprint density at radius 2 is 1.82 bits per heavy atom. The maximum absolute atomic E-state index is 13.8. The highest BCUT2D eigenvalue weighted by Crippen LogP contribution is 2.52. The number of nitro benzene ring substituents is 1. The summed E-state index contributed by atoms with van der Waals surface area (Å²) >= 11 is 0. The van der Waals surface area contributed by atoms with E-state index in [1.807, 2.05) is 17.0 Å². The van der Waals surface area contributed by atoms with Crippen molar-refractivity contribution in [2.24, 2.45) is 5.41 Å². The number of rotatable bonds is 8. The molecule has 0 aromatic heterocycles. The first-order chi connectivity index (χ1) is 18.1. The molecule has 3 aliphatic rings. The van der Waals surface area contributed by atoms with Gasteiger partial charge in [0.1, 0.15) is 11.6 Å². The highest BCUT2D eigenvalue weighted by molar-refractivity contribution is 5.91. The number of phenols is 1. The molecule has 38 heavy (non-hydrogen) atoms. The van der Waals surface area contributed by atoms with Gasteiger partial charge < -0.3 is 15.3 Å². The third-order valence-corrected chi connectivity index (χ3v) is 9.09. The number of hydrogen-bond donors (Lipinski definition) is 2. The van der Waals surface area contributed by atoms with E-state index in [1.165, 1.54) is 6.07 Å². The van der Waals surface area contributed by atoms with Crippen molar-refractivity contribution in [3.05, 3.63) is 69.0 Å². The number of nitrogens with zero attached hydrogens (tertiary/aromatic N) is 2. The van der Waals surface area contributed by atoms with Gasteiger partial charge in [-0.3, -0.25) is 19.7 Å². The van der Waals surface area contributed by atoms with Crippen LogP contribution in [0.25, 0.3) is 0 Å². The summed E-state index contributed by atoms with van der Waals surface area (Å²) in [6, 6.07) is 9.49. The Kier molecular flexibility index (Phi) is 6.88. The molecule has 1 saturated heterocycles. The van der Waals surface area contributed by atoms with E-state index in [9.17, 15) is 29.2 Å². The molecule has 8 nitrogen and oxygen atoms in total. The summed E-state index contributed by atoms with van der Waals surface area (Å²) in [6.45, 7) is 2.86. The molecule has 202 valence electrons. The second-order valence-electron chi connectivity index (χ2n) is 11.3. The minimum Gasteiger partial charge on any atom is -0.508 e. The fourth-order valence-corrected chi connectivity index (χ4v) is 6.26. The molecule has 0 bridgehead atoms. The molecular formula is C29H34FN3O5. The van der Waals surface area contributed by atoms with Gasteiger partial charge in [-0.2, -0.15) is 0 Å². The van der Waals surface area contributed by atoms with Gasteiger partial charge in [-0.05, 0) is 93.0 Å². The van der Waals surface area contributed by atoms with Crippen LogP contribution in [0.4, 0.5) is 10.1 Å². The van der Waals surface area contributed by atoms with Gasteiger partial charge in [-0.15, -0.1) is 0 Å². The fourth-order valence-electron chi connectivity index (χ4n) is 6.26. The van der Waals surface area contributed by atoms with Gasteiger partial charge in [0, 0.05) is 31.1 Å². The Morgan fingerprint density at radius 1 is 1.13 bits per heavy atom. The summed E-state index contributed by atoms with van der Waals surface area (Å²) in [4.78, 5) is 38.7. The van der Waals surface area contributed by atoms with E-state index in [2.05, 4.69) is 5.32 Å². The van der Waals surface area contributed by atoms with Crippen molar-refractivity contribution >= 4 is 17.5 Å². The molecule has 0 radical (unpaired) electrons. The molecule has 2 N–H and O–H groups in total. The van der Waals surface area contributed by atoms with Crippen LogP contribution in [0.15, 0.2) is 36.4 Å². The molecule has 2 saturated carbocycles. The van der Waals surface area contributed by atoms with Crippen molar-refractivity contribution in [2.75, 3.05) is 13.1 Å².